The number of hydrogen-bond donors (Lipinski definition) is 0. The Labute approximate surface area is 121 Å². The molecule has 19 heavy (non-hydrogen) atoms. The summed E-state index contributed by atoms with van der Waals surface area (Å²) in [7, 11) is 0. The topological polar surface area (TPSA) is 38.2 Å². The second-order valence-electron chi connectivity index (χ2n) is 5.36. The van der Waals surface area contributed by atoms with Crippen LogP contribution in [0.1, 0.15) is 19.7 Å². The van der Waals surface area contributed by atoms with Crippen LogP contribution in [0.5, 0.6) is 0 Å². The van der Waals surface area contributed by atoms with Gasteiger partial charge in [-0.25, -0.2) is 9.97 Å². The van der Waals surface area contributed by atoms with E-state index >= 15 is 0 Å². The van der Waals surface area contributed by atoms with Crippen LogP contribution < -0.4 is 0 Å². The standard InChI is InChI=1S/C13H16ClN3OS/c1-13(2)8-18-5-4-17(13)7-10-15-11(14)9-3-6-19-12(9)16-10/h3,6H,4-5,7-8H2,1-2H3. The maximum Gasteiger partial charge on any atom is 0.145 e. The molecule has 0 aromatic carbocycles. The number of thiophene rings is 1. The normalized spacial score (nSPS) is 19.9. The molecule has 1 aliphatic rings. The fraction of sp³-hybridized carbons (Fsp3) is 0.538. The van der Waals surface area contributed by atoms with Crippen LogP contribution in [0.2, 0.25) is 5.15 Å². The monoisotopic (exact) mass is 297 g/mol. The van der Waals surface area contributed by atoms with Crippen LogP contribution in [0, 0.1) is 0 Å². The fourth-order valence-electron chi connectivity index (χ4n) is 2.29. The third kappa shape index (κ3) is 2.60. The number of halogens is 1. The van der Waals surface area contributed by atoms with Gasteiger partial charge in [-0.05, 0) is 25.3 Å². The lowest BCUT2D eigenvalue weighted by Gasteiger charge is -2.41. The molecule has 2 aromatic heterocycles. The number of nitrogens with zero attached hydrogens (tertiary/aromatic N) is 3. The van der Waals surface area contributed by atoms with Gasteiger partial charge < -0.3 is 4.74 Å². The Morgan fingerprint density at radius 3 is 3.11 bits per heavy atom. The van der Waals surface area contributed by atoms with Gasteiger partial charge in [0.1, 0.15) is 15.8 Å². The number of hydrogen-bond acceptors (Lipinski definition) is 5. The minimum atomic E-state index is 0.0124. The second-order valence-corrected chi connectivity index (χ2v) is 6.61. The number of rotatable bonds is 2. The van der Waals surface area contributed by atoms with E-state index in [0.717, 1.165) is 35.8 Å². The minimum Gasteiger partial charge on any atom is -0.378 e. The molecule has 2 aromatic rings. The molecular formula is C13H16ClN3OS. The molecule has 0 saturated carbocycles. The molecule has 6 heteroatoms. The van der Waals surface area contributed by atoms with Gasteiger partial charge in [0.05, 0.1) is 19.8 Å². The molecule has 1 aliphatic heterocycles. The van der Waals surface area contributed by atoms with Crippen molar-refractivity contribution in [2.24, 2.45) is 0 Å². The third-order valence-electron chi connectivity index (χ3n) is 3.47. The van der Waals surface area contributed by atoms with Gasteiger partial charge in [-0.3, -0.25) is 4.90 Å². The molecule has 4 nitrogen and oxygen atoms in total. The van der Waals surface area contributed by atoms with Crippen molar-refractivity contribution in [1.29, 1.82) is 0 Å². The quantitative estimate of drug-likeness (QED) is 0.799. The molecule has 0 N–H and O–H groups in total. The average Bonchev–Trinajstić information content (AvgIpc) is 2.80. The van der Waals surface area contributed by atoms with Gasteiger partial charge in [0.2, 0.25) is 0 Å². The van der Waals surface area contributed by atoms with E-state index in [1.54, 1.807) is 11.3 Å². The smallest absolute Gasteiger partial charge is 0.145 e. The van der Waals surface area contributed by atoms with Crippen molar-refractivity contribution in [3.05, 3.63) is 22.4 Å². The Balaban J connectivity index is 1.88. The first kappa shape index (κ1) is 13.2. The van der Waals surface area contributed by atoms with E-state index in [9.17, 15) is 0 Å². The van der Waals surface area contributed by atoms with Gasteiger partial charge in [-0.15, -0.1) is 11.3 Å². The lowest BCUT2D eigenvalue weighted by Crippen LogP contribution is -2.52. The van der Waals surface area contributed by atoms with Crippen molar-refractivity contribution in [3.63, 3.8) is 0 Å². The van der Waals surface area contributed by atoms with E-state index in [0.29, 0.717) is 11.7 Å². The van der Waals surface area contributed by atoms with Crippen molar-refractivity contribution in [1.82, 2.24) is 14.9 Å². The van der Waals surface area contributed by atoms with Gasteiger partial charge in [0.25, 0.3) is 0 Å². The second kappa shape index (κ2) is 4.98. The molecule has 102 valence electrons. The third-order valence-corrected chi connectivity index (χ3v) is 4.57. The summed E-state index contributed by atoms with van der Waals surface area (Å²) >= 11 is 7.80. The highest BCUT2D eigenvalue weighted by atomic mass is 35.5. The zero-order valence-corrected chi connectivity index (χ0v) is 12.6. The van der Waals surface area contributed by atoms with Gasteiger partial charge >= 0.3 is 0 Å². The van der Waals surface area contributed by atoms with E-state index in [4.69, 9.17) is 16.3 Å². The summed E-state index contributed by atoms with van der Waals surface area (Å²) in [5.41, 5.74) is 0.0124. The lowest BCUT2D eigenvalue weighted by atomic mass is 10.0. The first-order valence-corrected chi connectivity index (χ1v) is 7.54. The summed E-state index contributed by atoms with van der Waals surface area (Å²) < 4.78 is 5.53. The maximum atomic E-state index is 6.20. The lowest BCUT2D eigenvalue weighted by molar-refractivity contribution is -0.0562. The molecule has 3 heterocycles. The van der Waals surface area contributed by atoms with Gasteiger partial charge in [0, 0.05) is 17.5 Å². The molecule has 0 unspecified atom stereocenters. The van der Waals surface area contributed by atoms with Crippen molar-refractivity contribution >= 4 is 33.2 Å². The Kier molecular flexibility index (Phi) is 3.47. The van der Waals surface area contributed by atoms with Crippen LogP contribution in [-0.2, 0) is 11.3 Å². The van der Waals surface area contributed by atoms with Crippen LogP contribution in [-0.4, -0.2) is 40.2 Å². The van der Waals surface area contributed by atoms with Crippen LogP contribution in [0.3, 0.4) is 0 Å². The Morgan fingerprint density at radius 1 is 1.47 bits per heavy atom. The molecule has 1 saturated heterocycles. The molecule has 0 aliphatic carbocycles. The van der Waals surface area contributed by atoms with Crippen LogP contribution in [0.4, 0.5) is 0 Å². The molecule has 0 atom stereocenters. The minimum absolute atomic E-state index is 0.0124. The number of morpholine rings is 1. The molecular weight excluding hydrogens is 282 g/mol. The average molecular weight is 298 g/mol. The maximum absolute atomic E-state index is 6.20. The number of aromatic nitrogens is 2. The van der Waals surface area contributed by atoms with Crippen LogP contribution in [0.25, 0.3) is 10.2 Å². The molecule has 0 spiro atoms. The molecule has 0 radical (unpaired) electrons. The van der Waals surface area contributed by atoms with E-state index in [1.807, 2.05) is 11.4 Å². The summed E-state index contributed by atoms with van der Waals surface area (Å²) in [5.74, 6) is 0.787. The summed E-state index contributed by atoms with van der Waals surface area (Å²) in [4.78, 5) is 12.3. The highest BCUT2D eigenvalue weighted by molar-refractivity contribution is 7.16. The van der Waals surface area contributed by atoms with Crippen molar-refractivity contribution in [2.75, 3.05) is 19.8 Å². The van der Waals surface area contributed by atoms with Gasteiger partial charge in [-0.1, -0.05) is 11.6 Å². The Morgan fingerprint density at radius 2 is 2.32 bits per heavy atom. The predicted molar refractivity (Wildman–Crippen MR) is 77.7 cm³/mol. The van der Waals surface area contributed by atoms with Gasteiger partial charge in [-0.2, -0.15) is 0 Å². The van der Waals surface area contributed by atoms with Crippen molar-refractivity contribution < 1.29 is 4.74 Å². The highest BCUT2D eigenvalue weighted by Crippen LogP contribution is 2.26. The largest absolute Gasteiger partial charge is 0.378 e. The van der Waals surface area contributed by atoms with Gasteiger partial charge in [0.15, 0.2) is 0 Å². The van der Waals surface area contributed by atoms with Crippen molar-refractivity contribution in [2.45, 2.75) is 25.9 Å². The molecule has 0 bridgehead atoms. The van der Waals surface area contributed by atoms with Crippen molar-refractivity contribution in [3.8, 4) is 0 Å². The van der Waals surface area contributed by atoms with Crippen LogP contribution >= 0.6 is 22.9 Å². The summed E-state index contributed by atoms with van der Waals surface area (Å²) in [6, 6.07) is 1.96. The zero-order chi connectivity index (χ0) is 13.5. The van der Waals surface area contributed by atoms with E-state index in [-0.39, 0.29) is 5.54 Å². The molecule has 1 fully saturated rings. The summed E-state index contributed by atoms with van der Waals surface area (Å²) in [6.07, 6.45) is 0. The first-order chi connectivity index (χ1) is 9.06. The number of ether oxygens (including phenoxy) is 1. The van der Waals surface area contributed by atoms with Crippen LogP contribution in [0.15, 0.2) is 11.4 Å². The Bertz CT molecular complexity index is 599. The summed E-state index contributed by atoms with van der Waals surface area (Å²) in [5, 5.41) is 3.48. The van der Waals surface area contributed by atoms with E-state index < -0.39 is 0 Å². The SMILES string of the molecule is CC1(C)COCCN1Cc1nc(Cl)c2ccsc2n1. The Hall–Kier alpha value is -0.750. The van der Waals surface area contributed by atoms with E-state index in [2.05, 4.69) is 28.7 Å². The first-order valence-electron chi connectivity index (χ1n) is 6.29. The predicted octanol–water partition coefficient (Wildman–Crippen LogP) is 2.96. The summed E-state index contributed by atoms with van der Waals surface area (Å²) in [6.45, 7) is 7.47. The number of fused-ring (bicyclic) bond motifs is 1. The zero-order valence-electron chi connectivity index (χ0n) is 11.0. The fourth-order valence-corrected chi connectivity index (χ4v) is 3.37. The highest BCUT2D eigenvalue weighted by Gasteiger charge is 2.31. The molecule has 3 rings (SSSR count). The van der Waals surface area contributed by atoms with E-state index in [1.165, 1.54) is 0 Å². The molecule has 0 amide bonds.